The fourth-order valence-electron chi connectivity index (χ4n) is 2.50. The fourth-order valence-corrected chi connectivity index (χ4v) is 2.94. The third-order valence-electron chi connectivity index (χ3n) is 3.75. The van der Waals surface area contributed by atoms with Crippen molar-refractivity contribution in [3.63, 3.8) is 0 Å². The first kappa shape index (κ1) is 17.8. The van der Waals surface area contributed by atoms with Gasteiger partial charge in [-0.15, -0.1) is 0 Å². The van der Waals surface area contributed by atoms with Gasteiger partial charge in [-0.3, -0.25) is 4.90 Å². The van der Waals surface area contributed by atoms with Gasteiger partial charge in [-0.25, -0.2) is 0 Å². The van der Waals surface area contributed by atoms with Crippen LogP contribution in [0.3, 0.4) is 0 Å². The molecule has 3 N–H and O–H groups in total. The highest BCUT2D eigenvalue weighted by Crippen LogP contribution is 2.33. The zero-order valence-corrected chi connectivity index (χ0v) is 14.9. The normalized spacial score (nSPS) is 11.0. The molecule has 0 aliphatic heterocycles. The molecular formula is C18H23BrN2O2. The number of nitrogens with zero attached hydrogens (tertiary/aromatic N) is 1. The molecule has 0 atom stereocenters. The van der Waals surface area contributed by atoms with Crippen LogP contribution >= 0.6 is 15.9 Å². The van der Waals surface area contributed by atoms with Gasteiger partial charge in [0, 0.05) is 30.7 Å². The Balaban J connectivity index is 2.05. The number of aromatic hydroxyl groups is 1. The maximum absolute atomic E-state index is 9.98. The van der Waals surface area contributed by atoms with Gasteiger partial charge in [-0.05, 0) is 29.7 Å². The van der Waals surface area contributed by atoms with E-state index < -0.39 is 0 Å². The lowest BCUT2D eigenvalue weighted by atomic mass is 10.1. The van der Waals surface area contributed by atoms with Gasteiger partial charge in [-0.1, -0.05) is 46.3 Å². The van der Waals surface area contributed by atoms with Crippen LogP contribution < -0.4 is 10.5 Å². The third kappa shape index (κ3) is 5.23. The predicted molar refractivity (Wildman–Crippen MR) is 96.8 cm³/mol. The van der Waals surface area contributed by atoms with Crippen molar-refractivity contribution >= 4 is 15.9 Å². The Bertz CT molecular complexity index is 620. The summed E-state index contributed by atoms with van der Waals surface area (Å²) in [6.45, 7) is 3.06. The average Bonchev–Trinajstić information content (AvgIpc) is 2.56. The second-order valence-electron chi connectivity index (χ2n) is 5.42. The van der Waals surface area contributed by atoms with Gasteiger partial charge in [0.05, 0.1) is 7.11 Å². The van der Waals surface area contributed by atoms with Crippen molar-refractivity contribution in [1.29, 1.82) is 0 Å². The van der Waals surface area contributed by atoms with Crippen molar-refractivity contribution < 1.29 is 9.84 Å². The van der Waals surface area contributed by atoms with Crippen molar-refractivity contribution in [3.8, 4) is 11.5 Å². The van der Waals surface area contributed by atoms with E-state index in [1.54, 1.807) is 19.2 Å². The first-order valence-electron chi connectivity index (χ1n) is 7.65. The largest absolute Gasteiger partial charge is 0.504 e. The topological polar surface area (TPSA) is 58.7 Å². The highest BCUT2D eigenvalue weighted by Gasteiger charge is 2.12. The Kier molecular flexibility index (Phi) is 6.89. The van der Waals surface area contributed by atoms with Gasteiger partial charge < -0.3 is 15.6 Å². The van der Waals surface area contributed by atoms with Crippen LogP contribution in [0.15, 0.2) is 46.9 Å². The van der Waals surface area contributed by atoms with Crippen LogP contribution in [0.25, 0.3) is 0 Å². The Morgan fingerprint density at radius 1 is 1.17 bits per heavy atom. The minimum atomic E-state index is 0.154. The Labute approximate surface area is 146 Å². The lowest BCUT2D eigenvalue weighted by molar-refractivity contribution is 0.275. The summed E-state index contributed by atoms with van der Waals surface area (Å²) in [6, 6.07) is 13.9. The van der Waals surface area contributed by atoms with Crippen molar-refractivity contribution in [3.05, 3.63) is 58.1 Å². The van der Waals surface area contributed by atoms with E-state index in [4.69, 9.17) is 10.5 Å². The van der Waals surface area contributed by atoms with E-state index in [0.717, 1.165) is 36.1 Å². The molecule has 23 heavy (non-hydrogen) atoms. The fraction of sp³-hybridized carbons (Fsp3) is 0.333. The minimum Gasteiger partial charge on any atom is -0.504 e. The molecule has 0 aliphatic carbocycles. The van der Waals surface area contributed by atoms with Gasteiger partial charge in [0.15, 0.2) is 11.5 Å². The number of phenolic OH excluding ortho intramolecular Hbond substituents is 1. The maximum Gasteiger partial charge on any atom is 0.161 e. The first-order chi connectivity index (χ1) is 11.1. The maximum atomic E-state index is 9.98. The Morgan fingerprint density at radius 3 is 2.57 bits per heavy atom. The first-order valence-corrected chi connectivity index (χ1v) is 8.45. The molecule has 0 bridgehead atoms. The summed E-state index contributed by atoms with van der Waals surface area (Å²) in [6.07, 6.45) is 0.973. The molecule has 5 heteroatoms. The molecule has 0 amide bonds. The summed E-state index contributed by atoms with van der Waals surface area (Å²) in [7, 11) is 1.54. The summed E-state index contributed by atoms with van der Waals surface area (Å²) in [4.78, 5) is 2.29. The van der Waals surface area contributed by atoms with Crippen molar-refractivity contribution in [2.75, 3.05) is 26.7 Å². The molecule has 2 aromatic carbocycles. The molecule has 2 aromatic rings. The summed E-state index contributed by atoms with van der Waals surface area (Å²) < 4.78 is 6.05. The number of ether oxygens (including phenoxy) is 1. The predicted octanol–water partition coefficient (Wildman–Crippen LogP) is 3.17. The van der Waals surface area contributed by atoms with Gasteiger partial charge in [0.25, 0.3) is 0 Å². The van der Waals surface area contributed by atoms with Gasteiger partial charge >= 0.3 is 0 Å². The molecule has 2 rings (SSSR count). The number of rotatable bonds is 8. The highest BCUT2D eigenvalue weighted by molar-refractivity contribution is 9.10. The molecule has 0 radical (unpaired) electrons. The van der Waals surface area contributed by atoms with Crippen LogP contribution in [-0.2, 0) is 13.0 Å². The van der Waals surface area contributed by atoms with Crippen LogP contribution in [0.5, 0.6) is 11.5 Å². The molecule has 124 valence electrons. The van der Waals surface area contributed by atoms with Crippen molar-refractivity contribution in [1.82, 2.24) is 4.90 Å². The van der Waals surface area contributed by atoms with E-state index in [0.29, 0.717) is 12.3 Å². The molecule has 0 fully saturated rings. The zero-order valence-electron chi connectivity index (χ0n) is 13.3. The zero-order chi connectivity index (χ0) is 16.7. The minimum absolute atomic E-state index is 0.154. The Morgan fingerprint density at radius 2 is 1.91 bits per heavy atom. The quantitative estimate of drug-likeness (QED) is 0.740. The molecular weight excluding hydrogens is 356 g/mol. The molecule has 0 aromatic heterocycles. The second kappa shape index (κ2) is 8.91. The van der Waals surface area contributed by atoms with Gasteiger partial charge in [0.1, 0.15) is 0 Å². The molecule has 0 heterocycles. The monoisotopic (exact) mass is 378 g/mol. The van der Waals surface area contributed by atoms with Crippen molar-refractivity contribution in [2.45, 2.75) is 13.0 Å². The smallest absolute Gasteiger partial charge is 0.161 e. The standard InChI is InChI=1S/C18H23BrN2O2/c1-23-18-12-16(19)15(11-17(18)22)13-21(10-8-20)9-7-14-5-3-2-4-6-14/h2-6,11-12,22H,7-10,13,20H2,1H3. The van der Waals surface area contributed by atoms with Crippen LogP contribution in [0.2, 0.25) is 0 Å². The van der Waals surface area contributed by atoms with Crippen LogP contribution in [0.4, 0.5) is 0 Å². The summed E-state index contributed by atoms with van der Waals surface area (Å²) in [5.74, 6) is 0.622. The number of benzene rings is 2. The van der Waals surface area contributed by atoms with E-state index in [1.807, 2.05) is 6.07 Å². The second-order valence-corrected chi connectivity index (χ2v) is 6.27. The number of nitrogens with two attached hydrogens (primary N) is 1. The summed E-state index contributed by atoms with van der Waals surface area (Å²) in [5, 5.41) is 9.98. The van der Waals surface area contributed by atoms with Crippen LogP contribution in [0, 0.1) is 0 Å². The lowest BCUT2D eigenvalue weighted by Gasteiger charge is -2.22. The summed E-state index contributed by atoms with van der Waals surface area (Å²) >= 11 is 3.55. The lowest BCUT2D eigenvalue weighted by Crippen LogP contribution is -2.31. The SMILES string of the molecule is COc1cc(Br)c(CN(CCN)CCc2ccccc2)cc1O. The number of halogens is 1. The van der Waals surface area contributed by atoms with E-state index >= 15 is 0 Å². The molecule has 0 unspecified atom stereocenters. The van der Waals surface area contributed by atoms with Crippen molar-refractivity contribution in [2.24, 2.45) is 5.73 Å². The number of phenols is 1. The molecule has 0 saturated heterocycles. The van der Waals surface area contributed by atoms with E-state index in [2.05, 4.69) is 45.1 Å². The van der Waals surface area contributed by atoms with E-state index in [-0.39, 0.29) is 5.75 Å². The summed E-state index contributed by atoms with van der Waals surface area (Å²) in [5.41, 5.74) is 8.07. The number of hydrogen-bond acceptors (Lipinski definition) is 4. The molecule has 0 saturated carbocycles. The van der Waals surface area contributed by atoms with Gasteiger partial charge in [-0.2, -0.15) is 0 Å². The molecule has 4 nitrogen and oxygen atoms in total. The average molecular weight is 379 g/mol. The van der Waals surface area contributed by atoms with Crippen LogP contribution in [0.1, 0.15) is 11.1 Å². The highest BCUT2D eigenvalue weighted by atomic mass is 79.9. The Hall–Kier alpha value is -1.56. The van der Waals surface area contributed by atoms with E-state index in [1.165, 1.54) is 5.56 Å². The number of methoxy groups -OCH3 is 1. The number of hydrogen-bond donors (Lipinski definition) is 2. The van der Waals surface area contributed by atoms with Crippen LogP contribution in [-0.4, -0.2) is 36.8 Å². The van der Waals surface area contributed by atoms with Gasteiger partial charge in [0.2, 0.25) is 0 Å². The molecule has 0 aliphatic rings. The van der Waals surface area contributed by atoms with E-state index in [9.17, 15) is 5.11 Å². The molecule has 0 spiro atoms. The third-order valence-corrected chi connectivity index (χ3v) is 4.48.